The van der Waals surface area contributed by atoms with Gasteiger partial charge in [-0.2, -0.15) is 15.0 Å². The molecule has 0 spiro atoms. The normalized spacial score (nSPS) is 13.6. The van der Waals surface area contributed by atoms with Crippen molar-refractivity contribution in [2.24, 2.45) is 0 Å². The lowest BCUT2D eigenvalue weighted by Crippen LogP contribution is -2.06. The second-order valence-electron chi connectivity index (χ2n) is 4.97. The van der Waals surface area contributed by atoms with E-state index in [0.29, 0.717) is 11.6 Å². The summed E-state index contributed by atoms with van der Waals surface area (Å²) in [5, 5.41) is 2.17. The van der Waals surface area contributed by atoms with Gasteiger partial charge in [0, 0.05) is 10.3 Å². The van der Waals surface area contributed by atoms with Gasteiger partial charge >= 0.3 is 0 Å². The average molecular weight is 331 g/mol. The topological polar surface area (TPSA) is 116 Å². The molecule has 22 heavy (non-hydrogen) atoms. The smallest absolute Gasteiger partial charge is 0.225 e. The van der Waals surface area contributed by atoms with Crippen LogP contribution in [-0.4, -0.2) is 24.9 Å². The first-order valence-electron chi connectivity index (χ1n) is 6.84. The molecule has 0 aromatic carbocycles. The van der Waals surface area contributed by atoms with Crippen molar-refractivity contribution in [3.8, 4) is 0 Å². The maximum atomic E-state index is 5.60. The average Bonchev–Trinajstić information content (AvgIpc) is 3.04. The molecule has 0 bridgehead atoms. The van der Waals surface area contributed by atoms with Gasteiger partial charge in [-0.3, -0.25) is 0 Å². The van der Waals surface area contributed by atoms with Gasteiger partial charge in [-0.05, 0) is 24.8 Å². The number of aryl methyl sites for hydroxylation is 2. The van der Waals surface area contributed by atoms with Crippen LogP contribution in [0.3, 0.4) is 0 Å². The molecule has 3 aromatic heterocycles. The Kier molecular flexibility index (Phi) is 3.30. The summed E-state index contributed by atoms with van der Waals surface area (Å²) in [7, 11) is 0. The highest BCUT2D eigenvalue weighted by atomic mass is 32.2. The largest absolute Gasteiger partial charge is 0.368 e. The highest BCUT2D eigenvalue weighted by Crippen LogP contribution is 2.40. The maximum Gasteiger partial charge on any atom is 0.225 e. The number of anilines is 2. The SMILES string of the molecule is Nc1nc(N)nc(CSc2ncnc3sc4c(c23)CCC4)n1. The minimum atomic E-state index is 0.146. The maximum absolute atomic E-state index is 5.60. The third-order valence-electron chi connectivity index (χ3n) is 3.52. The van der Waals surface area contributed by atoms with E-state index in [9.17, 15) is 0 Å². The quantitative estimate of drug-likeness (QED) is 0.551. The fourth-order valence-electron chi connectivity index (χ4n) is 2.66. The van der Waals surface area contributed by atoms with E-state index in [4.69, 9.17) is 11.5 Å². The lowest BCUT2D eigenvalue weighted by atomic mass is 10.2. The van der Waals surface area contributed by atoms with E-state index in [0.717, 1.165) is 22.7 Å². The third kappa shape index (κ3) is 2.35. The molecule has 0 amide bonds. The lowest BCUT2D eigenvalue weighted by Gasteiger charge is -2.04. The number of thiophene rings is 1. The molecule has 0 fully saturated rings. The summed E-state index contributed by atoms with van der Waals surface area (Å²) in [4.78, 5) is 23.3. The number of thioether (sulfide) groups is 1. The molecule has 0 saturated heterocycles. The molecule has 4 N–H and O–H groups in total. The zero-order chi connectivity index (χ0) is 15.1. The number of hydrogen-bond acceptors (Lipinski definition) is 9. The zero-order valence-corrected chi connectivity index (χ0v) is 13.2. The molecule has 0 atom stereocenters. The molecule has 0 saturated carbocycles. The zero-order valence-electron chi connectivity index (χ0n) is 11.6. The minimum absolute atomic E-state index is 0.146. The van der Waals surface area contributed by atoms with Crippen molar-refractivity contribution >= 4 is 45.2 Å². The predicted octanol–water partition coefficient (Wildman–Crippen LogP) is 1.82. The summed E-state index contributed by atoms with van der Waals surface area (Å²) in [5.41, 5.74) is 12.6. The molecule has 3 aromatic rings. The number of nitrogens with two attached hydrogens (primary N) is 2. The van der Waals surface area contributed by atoms with E-state index < -0.39 is 0 Å². The number of nitrogens with zero attached hydrogens (tertiary/aromatic N) is 5. The number of hydrogen-bond donors (Lipinski definition) is 2. The molecule has 0 radical (unpaired) electrons. The van der Waals surface area contributed by atoms with Crippen molar-refractivity contribution in [1.29, 1.82) is 0 Å². The predicted molar refractivity (Wildman–Crippen MR) is 87.7 cm³/mol. The summed E-state index contributed by atoms with van der Waals surface area (Å²) in [6, 6.07) is 0. The minimum Gasteiger partial charge on any atom is -0.368 e. The van der Waals surface area contributed by atoms with E-state index in [1.54, 1.807) is 29.4 Å². The number of nitrogen functional groups attached to an aromatic ring is 2. The Morgan fingerprint density at radius 3 is 2.73 bits per heavy atom. The van der Waals surface area contributed by atoms with Crippen molar-refractivity contribution in [2.45, 2.75) is 30.0 Å². The standard InChI is InChI=1S/C13H13N7S2/c14-12-18-8(19-13(15)20-12)4-21-10-9-6-2-1-3-7(6)22-11(9)17-5-16-10/h5H,1-4H2,(H4,14,15,18,19,20). The molecular formula is C13H13N7S2. The second-order valence-corrected chi connectivity index (χ2v) is 7.02. The van der Waals surface area contributed by atoms with Crippen LogP contribution in [0, 0.1) is 0 Å². The molecule has 9 heteroatoms. The Morgan fingerprint density at radius 1 is 1.09 bits per heavy atom. The van der Waals surface area contributed by atoms with Gasteiger partial charge in [0.15, 0.2) is 0 Å². The van der Waals surface area contributed by atoms with Crippen molar-refractivity contribution in [3.63, 3.8) is 0 Å². The highest BCUT2D eigenvalue weighted by Gasteiger charge is 2.21. The number of fused-ring (bicyclic) bond motifs is 3. The number of rotatable bonds is 3. The van der Waals surface area contributed by atoms with E-state index in [1.807, 2.05) is 0 Å². The van der Waals surface area contributed by atoms with Gasteiger partial charge in [0.2, 0.25) is 11.9 Å². The molecule has 7 nitrogen and oxygen atoms in total. The Hall–Kier alpha value is -2.00. The third-order valence-corrected chi connectivity index (χ3v) is 5.71. The van der Waals surface area contributed by atoms with Crippen LogP contribution < -0.4 is 11.5 Å². The molecule has 0 unspecified atom stereocenters. The van der Waals surface area contributed by atoms with Crippen LogP contribution in [0.5, 0.6) is 0 Å². The van der Waals surface area contributed by atoms with Crippen molar-refractivity contribution in [2.75, 3.05) is 11.5 Å². The van der Waals surface area contributed by atoms with Crippen LogP contribution >= 0.6 is 23.1 Å². The van der Waals surface area contributed by atoms with Crippen LogP contribution in [0.15, 0.2) is 11.4 Å². The van der Waals surface area contributed by atoms with Crippen LogP contribution in [0.4, 0.5) is 11.9 Å². The first-order valence-corrected chi connectivity index (χ1v) is 8.65. The molecule has 1 aliphatic rings. The Labute approximate surface area is 134 Å². The van der Waals surface area contributed by atoms with E-state index >= 15 is 0 Å². The summed E-state index contributed by atoms with van der Waals surface area (Å²) in [6.45, 7) is 0. The van der Waals surface area contributed by atoms with Crippen LogP contribution in [0.1, 0.15) is 22.7 Å². The van der Waals surface area contributed by atoms with Gasteiger partial charge in [0.1, 0.15) is 22.0 Å². The number of aromatic nitrogens is 5. The first-order chi connectivity index (χ1) is 10.7. The van der Waals surface area contributed by atoms with Gasteiger partial charge in [-0.25, -0.2) is 9.97 Å². The summed E-state index contributed by atoms with van der Waals surface area (Å²) in [5.74, 6) is 1.40. The molecule has 4 rings (SSSR count). The Bertz CT molecular complexity index is 841. The first kappa shape index (κ1) is 13.6. The van der Waals surface area contributed by atoms with Crippen molar-refractivity contribution in [3.05, 3.63) is 22.6 Å². The van der Waals surface area contributed by atoms with Crippen LogP contribution in [0.2, 0.25) is 0 Å². The Morgan fingerprint density at radius 2 is 1.91 bits per heavy atom. The highest BCUT2D eigenvalue weighted by molar-refractivity contribution is 7.98. The van der Waals surface area contributed by atoms with Crippen LogP contribution in [0.25, 0.3) is 10.2 Å². The van der Waals surface area contributed by atoms with Gasteiger partial charge in [-0.1, -0.05) is 11.8 Å². The van der Waals surface area contributed by atoms with Crippen LogP contribution in [-0.2, 0) is 18.6 Å². The molecule has 112 valence electrons. The molecule has 1 aliphatic carbocycles. The summed E-state index contributed by atoms with van der Waals surface area (Å²) in [6.07, 6.45) is 5.10. The van der Waals surface area contributed by atoms with Gasteiger partial charge in [-0.15, -0.1) is 11.3 Å². The summed E-state index contributed by atoms with van der Waals surface area (Å²) < 4.78 is 0. The second kappa shape index (κ2) is 5.33. The van der Waals surface area contributed by atoms with Crippen molar-refractivity contribution in [1.82, 2.24) is 24.9 Å². The van der Waals surface area contributed by atoms with Gasteiger partial charge in [0.05, 0.1) is 5.75 Å². The lowest BCUT2D eigenvalue weighted by molar-refractivity contribution is 0.915. The Balaban J connectivity index is 1.67. The van der Waals surface area contributed by atoms with E-state index in [-0.39, 0.29) is 11.9 Å². The van der Waals surface area contributed by atoms with E-state index in [1.165, 1.54) is 22.2 Å². The molecule has 0 aliphatic heterocycles. The molecular weight excluding hydrogens is 318 g/mol. The van der Waals surface area contributed by atoms with Crippen molar-refractivity contribution < 1.29 is 0 Å². The fourth-order valence-corrected chi connectivity index (χ4v) is 4.84. The van der Waals surface area contributed by atoms with Gasteiger partial charge in [0.25, 0.3) is 0 Å². The molecule has 3 heterocycles. The van der Waals surface area contributed by atoms with E-state index in [2.05, 4.69) is 24.9 Å². The fraction of sp³-hybridized carbons (Fsp3) is 0.308. The summed E-state index contributed by atoms with van der Waals surface area (Å²) >= 11 is 3.36. The van der Waals surface area contributed by atoms with Gasteiger partial charge < -0.3 is 11.5 Å². The monoisotopic (exact) mass is 331 g/mol.